The van der Waals surface area contributed by atoms with Gasteiger partial charge in [-0.1, -0.05) is 30.4 Å². The molecule has 0 radical (unpaired) electrons. The van der Waals surface area contributed by atoms with Crippen molar-refractivity contribution in [3.05, 3.63) is 35.9 Å². The maximum Gasteiger partial charge on any atom is 0.307 e. The first-order valence-corrected chi connectivity index (χ1v) is 5.23. The van der Waals surface area contributed by atoms with Crippen molar-refractivity contribution < 1.29 is 14.6 Å². The Morgan fingerprint density at radius 2 is 2.19 bits per heavy atom. The summed E-state index contributed by atoms with van der Waals surface area (Å²) in [6.45, 7) is 3.68. The van der Waals surface area contributed by atoms with Crippen LogP contribution in [0, 0.1) is 0 Å². The average molecular weight is 220 g/mol. The number of allylic oxidation sites excluding steroid dienone is 1. The Hall–Kier alpha value is -1.77. The first-order chi connectivity index (χ1) is 7.63. The predicted molar refractivity (Wildman–Crippen MR) is 63.5 cm³/mol. The molecule has 0 saturated heterocycles. The van der Waals surface area contributed by atoms with Gasteiger partial charge in [0.15, 0.2) is 0 Å². The molecule has 0 aliphatic heterocycles. The summed E-state index contributed by atoms with van der Waals surface area (Å²) in [5.74, 6) is -0.134. The molecule has 0 fully saturated rings. The van der Waals surface area contributed by atoms with Crippen LogP contribution in [0.1, 0.15) is 25.8 Å². The molecule has 1 aromatic rings. The van der Waals surface area contributed by atoms with Gasteiger partial charge in [-0.05, 0) is 19.9 Å². The Morgan fingerprint density at radius 1 is 1.50 bits per heavy atom. The molecule has 3 nitrogen and oxygen atoms in total. The van der Waals surface area contributed by atoms with E-state index in [-0.39, 0.29) is 12.5 Å². The number of hydrogen-bond donors (Lipinski definition) is 1. The van der Waals surface area contributed by atoms with Gasteiger partial charge in [0.05, 0.1) is 6.42 Å². The summed E-state index contributed by atoms with van der Waals surface area (Å²) in [6, 6.07) is 7.57. The van der Waals surface area contributed by atoms with Gasteiger partial charge in [-0.2, -0.15) is 0 Å². The van der Waals surface area contributed by atoms with Gasteiger partial charge in [0, 0.05) is 5.56 Å². The highest BCUT2D eigenvalue weighted by Crippen LogP contribution is 2.21. The van der Waals surface area contributed by atoms with Crippen LogP contribution in [0.15, 0.2) is 30.3 Å². The highest BCUT2D eigenvalue weighted by atomic mass is 16.5. The number of hydrogen-bond acceptors (Lipinski definition) is 2. The van der Waals surface area contributed by atoms with E-state index in [2.05, 4.69) is 0 Å². The molecule has 1 rings (SSSR count). The van der Waals surface area contributed by atoms with Crippen LogP contribution in [0.25, 0.3) is 6.08 Å². The normalized spacial score (nSPS) is 12.6. The Morgan fingerprint density at radius 3 is 2.81 bits per heavy atom. The van der Waals surface area contributed by atoms with E-state index in [9.17, 15) is 4.79 Å². The van der Waals surface area contributed by atoms with Crippen molar-refractivity contribution in [3.63, 3.8) is 0 Å². The van der Waals surface area contributed by atoms with Crippen molar-refractivity contribution in [1.82, 2.24) is 0 Å². The number of benzene rings is 1. The Kier molecular flexibility index (Phi) is 4.58. The zero-order valence-electron chi connectivity index (χ0n) is 9.51. The van der Waals surface area contributed by atoms with Gasteiger partial charge in [0.1, 0.15) is 11.9 Å². The van der Waals surface area contributed by atoms with Gasteiger partial charge >= 0.3 is 5.97 Å². The molecule has 0 aromatic heterocycles. The molecule has 0 aliphatic carbocycles. The SMILES string of the molecule is C/C=C/c1ccccc1O[C@@H](C)CC(=O)O. The van der Waals surface area contributed by atoms with Gasteiger partial charge in [-0.15, -0.1) is 0 Å². The van der Waals surface area contributed by atoms with E-state index in [0.29, 0.717) is 5.75 Å². The molecule has 0 unspecified atom stereocenters. The number of para-hydroxylation sites is 1. The lowest BCUT2D eigenvalue weighted by Crippen LogP contribution is -2.16. The molecule has 0 amide bonds. The van der Waals surface area contributed by atoms with E-state index in [0.717, 1.165) is 5.56 Å². The lowest BCUT2D eigenvalue weighted by atomic mass is 10.2. The second-order valence-electron chi connectivity index (χ2n) is 3.56. The predicted octanol–water partition coefficient (Wildman–Crippen LogP) is 2.96. The lowest BCUT2D eigenvalue weighted by molar-refractivity contribution is -0.138. The Bertz CT molecular complexity index is 383. The highest BCUT2D eigenvalue weighted by molar-refractivity contribution is 5.67. The molecule has 1 N–H and O–H groups in total. The summed E-state index contributed by atoms with van der Waals surface area (Å²) in [5.41, 5.74) is 0.960. The molecule has 0 aliphatic rings. The number of carbonyl (C=O) groups is 1. The monoisotopic (exact) mass is 220 g/mol. The number of rotatable bonds is 5. The van der Waals surface area contributed by atoms with E-state index < -0.39 is 5.97 Å². The van der Waals surface area contributed by atoms with E-state index >= 15 is 0 Å². The van der Waals surface area contributed by atoms with Crippen LogP contribution < -0.4 is 4.74 Å². The Balaban J connectivity index is 2.76. The van der Waals surface area contributed by atoms with Crippen LogP contribution in [0.2, 0.25) is 0 Å². The molecule has 86 valence electrons. The van der Waals surface area contributed by atoms with Crippen molar-refractivity contribution in [2.75, 3.05) is 0 Å². The summed E-state index contributed by atoms with van der Waals surface area (Å²) in [7, 11) is 0. The minimum atomic E-state index is -0.851. The van der Waals surface area contributed by atoms with Gasteiger partial charge in [0.2, 0.25) is 0 Å². The molecule has 0 bridgehead atoms. The topological polar surface area (TPSA) is 46.5 Å². The fourth-order valence-corrected chi connectivity index (χ4v) is 1.41. The smallest absolute Gasteiger partial charge is 0.307 e. The van der Waals surface area contributed by atoms with Crippen LogP contribution >= 0.6 is 0 Å². The first kappa shape index (κ1) is 12.3. The van der Waals surface area contributed by atoms with E-state index in [4.69, 9.17) is 9.84 Å². The molecule has 16 heavy (non-hydrogen) atoms. The van der Waals surface area contributed by atoms with Crippen LogP contribution in [-0.2, 0) is 4.79 Å². The minimum absolute atomic E-state index is 0.00414. The summed E-state index contributed by atoms with van der Waals surface area (Å²) < 4.78 is 5.58. The first-order valence-electron chi connectivity index (χ1n) is 5.23. The maximum absolute atomic E-state index is 10.5. The van der Waals surface area contributed by atoms with E-state index in [1.807, 2.05) is 43.3 Å². The second kappa shape index (κ2) is 5.95. The molecule has 0 saturated carbocycles. The van der Waals surface area contributed by atoms with Crippen LogP contribution in [-0.4, -0.2) is 17.2 Å². The fraction of sp³-hybridized carbons (Fsp3) is 0.308. The second-order valence-corrected chi connectivity index (χ2v) is 3.56. The summed E-state index contributed by atoms with van der Waals surface area (Å²) >= 11 is 0. The molecular formula is C13H16O3. The van der Waals surface area contributed by atoms with Gasteiger partial charge < -0.3 is 9.84 Å². The van der Waals surface area contributed by atoms with E-state index in [1.54, 1.807) is 6.92 Å². The molecule has 1 atom stereocenters. The number of ether oxygens (including phenoxy) is 1. The van der Waals surface area contributed by atoms with Crippen LogP contribution in [0.4, 0.5) is 0 Å². The third kappa shape index (κ3) is 3.77. The van der Waals surface area contributed by atoms with Gasteiger partial charge in [0.25, 0.3) is 0 Å². The summed E-state index contributed by atoms with van der Waals surface area (Å²) in [5, 5.41) is 8.64. The standard InChI is InChI=1S/C13H16O3/c1-3-6-11-7-4-5-8-12(11)16-10(2)9-13(14)15/h3-8,10H,9H2,1-2H3,(H,14,15)/b6-3+/t10-/m0/s1. The third-order valence-corrected chi connectivity index (χ3v) is 2.06. The van der Waals surface area contributed by atoms with Crippen molar-refractivity contribution in [2.45, 2.75) is 26.4 Å². The quantitative estimate of drug-likeness (QED) is 0.829. The fourth-order valence-electron chi connectivity index (χ4n) is 1.41. The molecular weight excluding hydrogens is 204 g/mol. The third-order valence-electron chi connectivity index (χ3n) is 2.06. The zero-order valence-corrected chi connectivity index (χ0v) is 9.51. The van der Waals surface area contributed by atoms with Gasteiger partial charge in [-0.25, -0.2) is 0 Å². The van der Waals surface area contributed by atoms with Crippen molar-refractivity contribution in [1.29, 1.82) is 0 Å². The molecule has 1 aromatic carbocycles. The molecule has 3 heteroatoms. The van der Waals surface area contributed by atoms with Crippen molar-refractivity contribution >= 4 is 12.0 Å². The maximum atomic E-state index is 10.5. The van der Waals surface area contributed by atoms with E-state index in [1.165, 1.54) is 0 Å². The minimum Gasteiger partial charge on any atom is -0.489 e. The molecule has 0 heterocycles. The van der Waals surface area contributed by atoms with Crippen LogP contribution in [0.3, 0.4) is 0 Å². The van der Waals surface area contributed by atoms with Crippen LogP contribution in [0.5, 0.6) is 5.75 Å². The summed E-state index contributed by atoms with van der Waals surface area (Å²) in [4.78, 5) is 10.5. The average Bonchev–Trinajstić information content (AvgIpc) is 2.20. The highest BCUT2D eigenvalue weighted by Gasteiger charge is 2.10. The van der Waals surface area contributed by atoms with Gasteiger partial charge in [-0.3, -0.25) is 4.79 Å². The number of carboxylic acid groups (broad SMARTS) is 1. The van der Waals surface area contributed by atoms with Crippen molar-refractivity contribution in [3.8, 4) is 5.75 Å². The number of carboxylic acids is 1. The summed E-state index contributed by atoms with van der Waals surface area (Å²) in [6.07, 6.45) is 3.53. The van der Waals surface area contributed by atoms with Crippen molar-refractivity contribution in [2.24, 2.45) is 0 Å². The Labute approximate surface area is 95.4 Å². The lowest BCUT2D eigenvalue weighted by Gasteiger charge is -2.14. The largest absolute Gasteiger partial charge is 0.489 e. The molecule has 0 spiro atoms. The zero-order chi connectivity index (χ0) is 12.0. The number of aliphatic carboxylic acids is 1.